The van der Waals surface area contributed by atoms with Gasteiger partial charge in [0.1, 0.15) is 0 Å². The van der Waals surface area contributed by atoms with Crippen LogP contribution in [0.2, 0.25) is 0 Å². The molecule has 0 N–H and O–H groups in total. The summed E-state index contributed by atoms with van der Waals surface area (Å²) < 4.78 is 1.47. The fourth-order valence-electron chi connectivity index (χ4n) is 6.67. The van der Waals surface area contributed by atoms with Gasteiger partial charge in [0.2, 0.25) is 0 Å². The molecule has 0 saturated carbocycles. The summed E-state index contributed by atoms with van der Waals surface area (Å²) in [6.07, 6.45) is 6.89. The number of halogens is 2. The number of allylic oxidation sites excluding steroid dienone is 1. The predicted molar refractivity (Wildman–Crippen MR) is 167 cm³/mol. The molecule has 1 unspecified atom stereocenters. The summed E-state index contributed by atoms with van der Waals surface area (Å²) in [4.78, 5) is 0. The SMILES string of the molecule is CCCCC1=Cc2c(ccc(CC)c2-c2ccccc2C)[CH]1[Zr]([Cl])([Cl])[c]1cccc2c1[SiH2]c1ccccc1-2. The summed E-state index contributed by atoms with van der Waals surface area (Å²) in [5.74, 6) is 0. The molecule has 1 aliphatic carbocycles. The van der Waals surface area contributed by atoms with E-state index >= 15 is 0 Å². The normalized spacial score (nSPS) is 16.3. The van der Waals surface area contributed by atoms with Gasteiger partial charge in [0.15, 0.2) is 0 Å². The molecule has 0 bridgehead atoms. The number of unbranched alkanes of at least 4 members (excludes halogenated alkanes) is 1. The van der Waals surface area contributed by atoms with Gasteiger partial charge in [0.25, 0.3) is 0 Å². The Hall–Kier alpha value is -1.70. The molecule has 0 saturated heterocycles. The van der Waals surface area contributed by atoms with Crippen molar-refractivity contribution >= 4 is 46.3 Å². The van der Waals surface area contributed by atoms with Crippen molar-refractivity contribution in [1.82, 2.24) is 0 Å². The minimum absolute atomic E-state index is 0.145. The Morgan fingerprint density at radius 3 is 2.32 bits per heavy atom. The quantitative estimate of drug-likeness (QED) is 0.161. The second-order valence-electron chi connectivity index (χ2n) is 10.8. The van der Waals surface area contributed by atoms with Crippen LogP contribution >= 0.6 is 17.0 Å². The van der Waals surface area contributed by atoms with E-state index in [2.05, 4.69) is 106 Å². The molecule has 0 spiro atoms. The van der Waals surface area contributed by atoms with Crippen LogP contribution in [-0.2, 0) is 24.3 Å². The van der Waals surface area contributed by atoms with Gasteiger partial charge < -0.3 is 0 Å². The third-order valence-electron chi connectivity index (χ3n) is 8.56. The van der Waals surface area contributed by atoms with E-state index in [-0.39, 0.29) is 3.63 Å². The second kappa shape index (κ2) is 10.7. The van der Waals surface area contributed by atoms with Crippen molar-refractivity contribution in [3.8, 4) is 22.3 Å². The maximum atomic E-state index is 7.86. The van der Waals surface area contributed by atoms with E-state index in [0.29, 0.717) is 0 Å². The Balaban J connectivity index is 1.54. The second-order valence-corrected chi connectivity index (χ2v) is 26.6. The fourth-order valence-corrected chi connectivity index (χ4v) is 23.5. The Labute approximate surface area is 241 Å². The van der Waals surface area contributed by atoms with Gasteiger partial charge in [-0.15, -0.1) is 0 Å². The van der Waals surface area contributed by atoms with Gasteiger partial charge in [-0.05, 0) is 0 Å². The van der Waals surface area contributed by atoms with Crippen LogP contribution < -0.4 is 13.6 Å². The van der Waals surface area contributed by atoms with Crippen molar-refractivity contribution < 1.29 is 17.9 Å². The summed E-state index contributed by atoms with van der Waals surface area (Å²) in [6.45, 7) is 6.76. The maximum absolute atomic E-state index is 7.86. The zero-order chi connectivity index (χ0) is 26.4. The molecule has 192 valence electrons. The van der Waals surface area contributed by atoms with Crippen molar-refractivity contribution in [1.29, 1.82) is 0 Å². The van der Waals surface area contributed by atoms with Crippen LogP contribution in [0.25, 0.3) is 28.3 Å². The van der Waals surface area contributed by atoms with Crippen LogP contribution in [0.15, 0.2) is 84.4 Å². The molecule has 1 aliphatic heterocycles. The molecule has 4 aromatic carbocycles. The topological polar surface area (TPSA) is 0 Å². The van der Waals surface area contributed by atoms with E-state index in [1.54, 1.807) is 0 Å². The van der Waals surface area contributed by atoms with Gasteiger partial charge in [-0.3, -0.25) is 0 Å². The Morgan fingerprint density at radius 2 is 1.55 bits per heavy atom. The summed E-state index contributed by atoms with van der Waals surface area (Å²) in [7, 11) is 15.1. The van der Waals surface area contributed by atoms with Crippen molar-refractivity contribution in [2.24, 2.45) is 0 Å². The number of aryl methyl sites for hydroxylation is 2. The van der Waals surface area contributed by atoms with Gasteiger partial charge in [0.05, 0.1) is 0 Å². The molecule has 4 aromatic rings. The molecule has 6 rings (SSSR count). The van der Waals surface area contributed by atoms with Gasteiger partial charge in [-0.25, -0.2) is 0 Å². The summed E-state index contributed by atoms with van der Waals surface area (Å²) in [5, 5.41) is 3.02. The van der Waals surface area contributed by atoms with E-state index < -0.39 is 27.4 Å². The third-order valence-corrected chi connectivity index (χ3v) is 22.9. The number of fused-ring (bicyclic) bond motifs is 4. The summed E-state index contributed by atoms with van der Waals surface area (Å²) >= 11 is -3.94. The molecule has 0 aromatic heterocycles. The monoisotopic (exact) mass is 630 g/mol. The molecule has 2 aliphatic rings. The van der Waals surface area contributed by atoms with Crippen LogP contribution in [-0.4, -0.2) is 9.52 Å². The first kappa shape index (κ1) is 26.5. The Bertz CT molecular complexity index is 1570. The van der Waals surface area contributed by atoms with Crippen LogP contribution in [0.3, 0.4) is 0 Å². The first-order chi connectivity index (χ1) is 18.5. The zero-order valence-corrected chi connectivity index (χ0v) is 27.8. The van der Waals surface area contributed by atoms with Gasteiger partial charge in [-0.1, -0.05) is 0 Å². The average Bonchev–Trinajstić information content (AvgIpc) is 3.50. The molecule has 0 fully saturated rings. The Morgan fingerprint density at radius 1 is 0.816 bits per heavy atom. The molecule has 0 amide bonds. The summed E-state index contributed by atoms with van der Waals surface area (Å²) in [6, 6.07) is 29.2. The molecule has 38 heavy (non-hydrogen) atoms. The van der Waals surface area contributed by atoms with Crippen molar-refractivity contribution in [2.45, 2.75) is 50.1 Å². The molecule has 1 atom stereocenters. The van der Waals surface area contributed by atoms with E-state index in [9.17, 15) is 0 Å². The van der Waals surface area contributed by atoms with E-state index in [1.807, 2.05) is 0 Å². The van der Waals surface area contributed by atoms with Crippen molar-refractivity contribution in [3.63, 3.8) is 0 Å². The number of hydrogen-bond acceptors (Lipinski definition) is 0. The molecular formula is C34H34Cl2SiZr. The molecular weight excluding hydrogens is 599 g/mol. The van der Waals surface area contributed by atoms with Crippen molar-refractivity contribution in [3.05, 3.63) is 107 Å². The van der Waals surface area contributed by atoms with Gasteiger partial charge >= 0.3 is 243 Å². The average molecular weight is 633 g/mol. The standard InChI is InChI=1S/C22H25.C12H9Si.2ClH.Zr/c1-4-6-10-17-14-19-13-12-18(5-2)22(21(19)15-17)20-11-8-7-9-16(20)3;1-3-7-11-9(5-1)10-6-2-4-8-12(10)13-11;;;/h7-9,11-15H,4-6,10H2,1-3H3;1-7H,13H2;2*1H;/q;;;;+2/p-2. The molecule has 0 nitrogen and oxygen atoms in total. The first-order valence-electron chi connectivity index (χ1n) is 14.0. The van der Waals surface area contributed by atoms with E-state index in [4.69, 9.17) is 17.0 Å². The van der Waals surface area contributed by atoms with E-state index in [1.165, 1.54) is 76.6 Å². The molecule has 1 heterocycles. The van der Waals surface area contributed by atoms with Crippen molar-refractivity contribution in [2.75, 3.05) is 0 Å². The van der Waals surface area contributed by atoms with Crippen LogP contribution in [0.1, 0.15) is 59.0 Å². The number of rotatable bonds is 7. The van der Waals surface area contributed by atoms with E-state index in [0.717, 1.165) is 12.8 Å². The fraction of sp³-hybridized carbons (Fsp3) is 0.235. The van der Waals surface area contributed by atoms with Crippen LogP contribution in [0.5, 0.6) is 0 Å². The summed E-state index contributed by atoms with van der Waals surface area (Å²) in [5.41, 5.74) is 12.4. The zero-order valence-electron chi connectivity index (χ0n) is 22.5. The minimum atomic E-state index is -3.94. The number of benzene rings is 4. The van der Waals surface area contributed by atoms with Gasteiger partial charge in [-0.2, -0.15) is 0 Å². The third kappa shape index (κ3) is 4.37. The van der Waals surface area contributed by atoms with Crippen LogP contribution in [0, 0.1) is 6.92 Å². The van der Waals surface area contributed by atoms with Crippen LogP contribution in [0.4, 0.5) is 0 Å². The number of hydrogen-bond donors (Lipinski definition) is 0. The Kier molecular flexibility index (Phi) is 7.47. The molecule has 0 radical (unpaired) electrons. The predicted octanol–water partition coefficient (Wildman–Crippen LogP) is 7.74. The molecule has 4 heteroatoms. The van der Waals surface area contributed by atoms with Gasteiger partial charge in [0, 0.05) is 0 Å². The first-order valence-corrected chi connectivity index (χ1v) is 24.4.